The summed E-state index contributed by atoms with van der Waals surface area (Å²) >= 11 is 0. The lowest BCUT2D eigenvalue weighted by Gasteiger charge is -2.34. The third-order valence-corrected chi connectivity index (χ3v) is 4.83. The largest absolute Gasteiger partial charge is 0.352 e. The lowest BCUT2D eigenvalue weighted by molar-refractivity contribution is -0.121. The second kappa shape index (κ2) is 10.6. The van der Waals surface area contributed by atoms with Gasteiger partial charge in [-0.2, -0.15) is 0 Å². The first-order valence-electron chi connectivity index (χ1n) is 9.61. The second-order valence-electron chi connectivity index (χ2n) is 6.84. The number of benzene rings is 1. The number of carbonyl (C=O) groups is 1. The molecule has 2 aromatic rings. The van der Waals surface area contributed by atoms with Crippen LogP contribution in [0, 0.1) is 0 Å². The van der Waals surface area contributed by atoms with Gasteiger partial charge >= 0.3 is 0 Å². The van der Waals surface area contributed by atoms with Gasteiger partial charge in [0.2, 0.25) is 5.91 Å². The van der Waals surface area contributed by atoms with Gasteiger partial charge in [0.05, 0.1) is 0 Å². The Morgan fingerprint density at radius 3 is 2.44 bits per heavy atom. The van der Waals surface area contributed by atoms with E-state index in [1.54, 1.807) is 12.4 Å². The van der Waals surface area contributed by atoms with E-state index in [-0.39, 0.29) is 5.91 Å². The lowest BCUT2D eigenvalue weighted by atomic mass is 10.2. The van der Waals surface area contributed by atoms with Crippen molar-refractivity contribution in [1.82, 2.24) is 20.1 Å². The molecular weight excluding hydrogens is 336 g/mol. The molecule has 0 bridgehead atoms. The predicted molar refractivity (Wildman–Crippen MR) is 109 cm³/mol. The molecule has 1 saturated heterocycles. The molecule has 0 atom stereocenters. The minimum atomic E-state index is 0.111. The van der Waals surface area contributed by atoms with E-state index in [9.17, 15) is 4.79 Å². The van der Waals surface area contributed by atoms with Gasteiger partial charge in [0, 0.05) is 64.6 Å². The zero-order valence-corrected chi connectivity index (χ0v) is 15.8. The Bertz CT molecular complexity index is 710. The number of rotatable bonds is 8. The van der Waals surface area contributed by atoms with Crippen LogP contribution in [0.25, 0.3) is 6.08 Å². The molecule has 1 aromatic heterocycles. The van der Waals surface area contributed by atoms with Crippen LogP contribution < -0.4 is 5.32 Å². The van der Waals surface area contributed by atoms with Gasteiger partial charge < -0.3 is 10.2 Å². The smallest absolute Gasteiger partial charge is 0.221 e. The van der Waals surface area contributed by atoms with Gasteiger partial charge in [-0.1, -0.05) is 42.5 Å². The van der Waals surface area contributed by atoms with Gasteiger partial charge in [0.15, 0.2) is 0 Å². The van der Waals surface area contributed by atoms with E-state index in [0.717, 1.165) is 44.8 Å². The van der Waals surface area contributed by atoms with Crippen molar-refractivity contribution in [2.45, 2.75) is 13.0 Å². The lowest BCUT2D eigenvalue weighted by Crippen LogP contribution is -2.47. The molecule has 1 fully saturated rings. The summed E-state index contributed by atoms with van der Waals surface area (Å²) < 4.78 is 0. The van der Waals surface area contributed by atoms with E-state index in [1.165, 1.54) is 5.56 Å². The summed E-state index contributed by atoms with van der Waals surface area (Å²) in [6, 6.07) is 14.2. The Labute approximate surface area is 161 Å². The van der Waals surface area contributed by atoms with Crippen molar-refractivity contribution in [2.75, 3.05) is 39.3 Å². The van der Waals surface area contributed by atoms with Gasteiger partial charge in [-0.05, 0) is 23.3 Å². The van der Waals surface area contributed by atoms with Crippen LogP contribution in [-0.2, 0) is 11.3 Å². The highest BCUT2D eigenvalue weighted by molar-refractivity contribution is 5.76. The average Bonchev–Trinajstić information content (AvgIpc) is 2.73. The number of nitrogens with one attached hydrogen (secondary N) is 1. The zero-order chi connectivity index (χ0) is 18.7. The van der Waals surface area contributed by atoms with Crippen LogP contribution in [0.15, 0.2) is 60.9 Å². The SMILES string of the molecule is O=C(CCN1CCN(C/C=C/c2ccccc2)CC1)NCc1ccncc1. The number of nitrogens with zero attached hydrogens (tertiary/aromatic N) is 3. The van der Waals surface area contributed by atoms with Crippen molar-refractivity contribution in [3.8, 4) is 0 Å². The fraction of sp³-hybridized carbons (Fsp3) is 0.364. The van der Waals surface area contributed by atoms with Crippen molar-refractivity contribution < 1.29 is 4.79 Å². The topological polar surface area (TPSA) is 48.5 Å². The van der Waals surface area contributed by atoms with Gasteiger partial charge in [0.1, 0.15) is 0 Å². The molecule has 1 aliphatic rings. The molecule has 0 radical (unpaired) electrons. The molecule has 1 N–H and O–H groups in total. The molecule has 0 saturated carbocycles. The third-order valence-electron chi connectivity index (χ3n) is 4.83. The quantitative estimate of drug-likeness (QED) is 0.782. The molecule has 5 heteroatoms. The van der Waals surface area contributed by atoms with Gasteiger partial charge in [0.25, 0.3) is 0 Å². The van der Waals surface area contributed by atoms with E-state index in [1.807, 2.05) is 18.2 Å². The molecule has 0 aliphatic carbocycles. The van der Waals surface area contributed by atoms with Gasteiger partial charge in [-0.25, -0.2) is 0 Å². The maximum atomic E-state index is 12.0. The van der Waals surface area contributed by atoms with Crippen LogP contribution in [0.4, 0.5) is 0 Å². The fourth-order valence-electron chi connectivity index (χ4n) is 3.15. The highest BCUT2D eigenvalue weighted by Crippen LogP contribution is 2.05. The average molecular weight is 364 g/mol. The fourth-order valence-corrected chi connectivity index (χ4v) is 3.15. The van der Waals surface area contributed by atoms with Gasteiger partial charge in [-0.15, -0.1) is 0 Å². The van der Waals surface area contributed by atoms with Crippen LogP contribution >= 0.6 is 0 Å². The summed E-state index contributed by atoms with van der Waals surface area (Å²) in [7, 11) is 0. The van der Waals surface area contributed by atoms with Crippen LogP contribution in [-0.4, -0.2) is 60.0 Å². The van der Waals surface area contributed by atoms with Crippen LogP contribution in [0.5, 0.6) is 0 Å². The molecule has 3 rings (SSSR count). The molecule has 0 spiro atoms. The predicted octanol–water partition coefficient (Wildman–Crippen LogP) is 2.42. The van der Waals surface area contributed by atoms with Crippen LogP contribution in [0.1, 0.15) is 17.5 Å². The third kappa shape index (κ3) is 6.96. The molecule has 1 amide bonds. The maximum Gasteiger partial charge on any atom is 0.221 e. The number of carbonyl (C=O) groups excluding carboxylic acids is 1. The Balaban J connectivity index is 1.29. The van der Waals surface area contributed by atoms with E-state index in [0.29, 0.717) is 13.0 Å². The van der Waals surface area contributed by atoms with Crippen molar-refractivity contribution in [3.63, 3.8) is 0 Å². The molecule has 142 valence electrons. The number of hydrogen-bond acceptors (Lipinski definition) is 4. The number of hydrogen-bond donors (Lipinski definition) is 1. The van der Waals surface area contributed by atoms with Crippen molar-refractivity contribution >= 4 is 12.0 Å². The summed E-state index contributed by atoms with van der Waals surface area (Å²) in [6.07, 6.45) is 8.46. The first-order chi connectivity index (χ1) is 13.3. The van der Waals surface area contributed by atoms with Crippen LogP contribution in [0.3, 0.4) is 0 Å². The maximum absolute atomic E-state index is 12.0. The summed E-state index contributed by atoms with van der Waals surface area (Å²) in [5.41, 5.74) is 2.32. The number of aromatic nitrogens is 1. The summed E-state index contributed by atoms with van der Waals surface area (Å²) in [4.78, 5) is 20.8. The number of amides is 1. The summed E-state index contributed by atoms with van der Waals surface area (Å²) in [6.45, 7) is 6.54. The van der Waals surface area contributed by atoms with E-state index >= 15 is 0 Å². The standard InChI is InChI=1S/C22H28N4O/c27-22(24-19-21-8-11-23-12-9-21)10-14-26-17-15-25(16-18-26)13-4-7-20-5-2-1-3-6-20/h1-9,11-12H,10,13-19H2,(H,24,27)/b7-4+. The van der Waals surface area contributed by atoms with Crippen molar-refractivity contribution in [1.29, 1.82) is 0 Å². The Kier molecular flexibility index (Phi) is 7.56. The summed E-state index contributed by atoms with van der Waals surface area (Å²) in [5.74, 6) is 0.111. The Morgan fingerprint density at radius 1 is 1.00 bits per heavy atom. The molecule has 1 aromatic carbocycles. The molecule has 27 heavy (non-hydrogen) atoms. The monoisotopic (exact) mass is 364 g/mol. The van der Waals surface area contributed by atoms with Crippen molar-refractivity contribution in [2.24, 2.45) is 0 Å². The number of pyridine rings is 1. The first-order valence-corrected chi connectivity index (χ1v) is 9.61. The van der Waals surface area contributed by atoms with E-state index in [2.05, 4.69) is 56.5 Å². The molecule has 1 aliphatic heterocycles. The zero-order valence-electron chi connectivity index (χ0n) is 15.8. The van der Waals surface area contributed by atoms with Crippen LogP contribution in [0.2, 0.25) is 0 Å². The van der Waals surface area contributed by atoms with Crippen molar-refractivity contribution in [3.05, 3.63) is 72.1 Å². The van der Waals surface area contributed by atoms with E-state index < -0.39 is 0 Å². The Hall–Kier alpha value is -2.50. The summed E-state index contributed by atoms with van der Waals surface area (Å²) in [5, 5.41) is 2.98. The molecule has 0 unspecified atom stereocenters. The molecule has 5 nitrogen and oxygen atoms in total. The highest BCUT2D eigenvalue weighted by Gasteiger charge is 2.16. The molecular formula is C22H28N4O. The normalized spacial score (nSPS) is 15.9. The Morgan fingerprint density at radius 2 is 1.70 bits per heavy atom. The minimum absolute atomic E-state index is 0.111. The minimum Gasteiger partial charge on any atom is -0.352 e. The number of piperazine rings is 1. The van der Waals surface area contributed by atoms with Gasteiger partial charge in [-0.3, -0.25) is 14.7 Å². The first kappa shape index (κ1) is 19.3. The van der Waals surface area contributed by atoms with E-state index in [4.69, 9.17) is 0 Å². The highest BCUT2D eigenvalue weighted by atomic mass is 16.1. The molecule has 2 heterocycles. The second-order valence-corrected chi connectivity index (χ2v) is 6.84.